The number of hydrogen-bond donors (Lipinski definition) is 22. The third-order valence-corrected chi connectivity index (χ3v) is 15.2. The Hall–Kier alpha value is -10.4. The van der Waals surface area contributed by atoms with Gasteiger partial charge in [-0.1, -0.05) is 71.9 Å². The van der Waals surface area contributed by atoms with E-state index in [4.69, 9.17) is 28.7 Å². The van der Waals surface area contributed by atoms with Gasteiger partial charge in [-0.2, -0.15) is 0 Å². The number of carboxylic acid groups (broad SMARTS) is 1. The number of guanidine groups is 1. The van der Waals surface area contributed by atoms with Gasteiger partial charge >= 0.3 is 5.97 Å². The third kappa shape index (κ3) is 31.8. The van der Waals surface area contributed by atoms with Crippen LogP contribution in [0.1, 0.15) is 119 Å². The highest BCUT2D eigenvalue weighted by Gasteiger charge is 2.38. The molecule has 102 heavy (non-hydrogen) atoms. The van der Waals surface area contributed by atoms with Crippen molar-refractivity contribution < 1.29 is 92.3 Å². The minimum Gasteiger partial charge on any atom is -0.480 e. The maximum absolute atomic E-state index is 14.6. The Morgan fingerprint density at radius 3 is 1.39 bits per heavy atom. The van der Waals surface area contributed by atoms with Crippen LogP contribution in [-0.4, -0.2) is 229 Å². The van der Waals surface area contributed by atoms with Gasteiger partial charge in [0.15, 0.2) is 5.96 Å². The molecule has 0 bridgehead atoms. The van der Waals surface area contributed by atoms with Crippen LogP contribution in [-0.2, 0) is 84.8 Å². The number of aromatic amines is 1. The first-order valence-electron chi connectivity index (χ1n) is 32.9. The van der Waals surface area contributed by atoms with Gasteiger partial charge in [0, 0.05) is 37.7 Å². The second-order valence-electron chi connectivity index (χ2n) is 25.6. The van der Waals surface area contributed by atoms with Crippen molar-refractivity contribution in [3.05, 3.63) is 54.1 Å². The number of aliphatic hydroxyl groups excluding tert-OH is 3. The van der Waals surface area contributed by atoms with E-state index < -0.39 is 212 Å². The third-order valence-electron chi connectivity index (χ3n) is 15.2. The lowest BCUT2D eigenvalue weighted by Crippen LogP contribution is -2.62. The van der Waals surface area contributed by atoms with E-state index in [9.17, 15) is 92.3 Å². The number of H-pyrrole nitrogens is 1. The molecule has 14 atom stereocenters. The van der Waals surface area contributed by atoms with Crippen molar-refractivity contribution >= 4 is 94.6 Å². The lowest BCUT2D eigenvalue weighted by molar-refractivity contribution is -0.143. The molecule has 0 spiro atoms. The van der Waals surface area contributed by atoms with Crippen LogP contribution < -0.4 is 92.5 Å². The first kappa shape index (κ1) is 87.7. The first-order valence-corrected chi connectivity index (χ1v) is 32.9. The molecule has 14 amide bonds. The number of nitrogens with zero attached hydrogens (tertiary/aromatic N) is 2. The summed E-state index contributed by atoms with van der Waals surface area (Å²) in [5.74, 6) is -17.4. The molecule has 27 N–H and O–H groups in total. The number of aliphatic imine (C=N–C) groups is 1. The van der Waals surface area contributed by atoms with Gasteiger partial charge in [-0.05, 0) is 76.2 Å². The van der Waals surface area contributed by atoms with Crippen LogP contribution in [0.15, 0.2) is 47.8 Å². The second-order valence-corrected chi connectivity index (χ2v) is 25.6. The molecule has 1 heterocycles. The molecule has 0 radical (unpaired) electrons. The summed E-state index contributed by atoms with van der Waals surface area (Å²) in [4.78, 5) is 213. The van der Waals surface area contributed by atoms with Gasteiger partial charge in [0.05, 0.1) is 38.1 Å². The number of aliphatic hydroxyl groups is 3. The van der Waals surface area contributed by atoms with E-state index in [1.165, 1.54) is 33.3 Å². The van der Waals surface area contributed by atoms with Crippen LogP contribution in [0.2, 0.25) is 0 Å². The maximum Gasteiger partial charge on any atom is 0.328 e. The zero-order valence-corrected chi connectivity index (χ0v) is 58.5. The highest BCUT2D eigenvalue weighted by Crippen LogP contribution is 2.14. The number of carbonyl (C=O) groups is 15. The van der Waals surface area contributed by atoms with Gasteiger partial charge in [-0.15, -0.1) is 0 Å². The number of imidazole rings is 1. The van der Waals surface area contributed by atoms with E-state index in [2.05, 4.69) is 73.4 Å². The van der Waals surface area contributed by atoms with Crippen molar-refractivity contribution in [3.8, 4) is 0 Å². The average Bonchev–Trinajstić information content (AvgIpc) is 1.02. The number of hydrogen-bond acceptors (Lipinski definition) is 21. The van der Waals surface area contributed by atoms with E-state index in [1.54, 1.807) is 71.9 Å². The number of primary amides is 2. The fourth-order valence-electron chi connectivity index (χ4n) is 9.72. The molecule has 1 aromatic heterocycles. The molecule has 1 aromatic carbocycles. The number of carboxylic acids is 1. The molecule has 0 saturated carbocycles. The zero-order valence-electron chi connectivity index (χ0n) is 58.5. The molecule has 0 aliphatic heterocycles. The van der Waals surface area contributed by atoms with Crippen LogP contribution in [0.4, 0.5) is 0 Å². The minimum absolute atomic E-state index is 0.0356. The van der Waals surface area contributed by atoms with Gasteiger partial charge < -0.3 is 118 Å². The molecular formula is C63H102N20O19. The lowest BCUT2D eigenvalue weighted by Gasteiger charge is -2.29. The Kier molecular flexibility index (Phi) is 37.8. The summed E-state index contributed by atoms with van der Waals surface area (Å²) in [6.07, 6.45) is -1.56. The number of carbonyl (C=O) groups excluding carboxylic acids is 14. The van der Waals surface area contributed by atoms with E-state index in [-0.39, 0.29) is 62.9 Å². The fraction of sp³-hybridized carbons (Fsp3) is 0.603. The van der Waals surface area contributed by atoms with Crippen LogP contribution in [0.25, 0.3) is 0 Å². The quantitative estimate of drug-likeness (QED) is 0.0166. The van der Waals surface area contributed by atoms with Crippen molar-refractivity contribution in [2.45, 2.75) is 205 Å². The average molecular weight is 1440 g/mol. The summed E-state index contributed by atoms with van der Waals surface area (Å²) in [6, 6.07) is -12.1. The Morgan fingerprint density at radius 2 is 0.912 bits per heavy atom. The Morgan fingerprint density at radius 1 is 0.480 bits per heavy atom. The zero-order chi connectivity index (χ0) is 77.2. The summed E-state index contributed by atoms with van der Waals surface area (Å²) in [6.45, 7) is 11.5. The maximum atomic E-state index is 14.6. The summed E-state index contributed by atoms with van der Waals surface area (Å²) in [5.41, 5.74) is 28.3. The topological polar surface area (TPSA) is 652 Å². The number of aromatic nitrogens is 2. The molecule has 0 aliphatic carbocycles. The van der Waals surface area contributed by atoms with E-state index in [0.717, 1.165) is 0 Å². The molecule has 2 aromatic rings. The van der Waals surface area contributed by atoms with Crippen molar-refractivity contribution in [3.63, 3.8) is 0 Å². The molecule has 0 unspecified atom stereocenters. The van der Waals surface area contributed by atoms with Crippen molar-refractivity contribution in [2.75, 3.05) is 19.8 Å². The van der Waals surface area contributed by atoms with Crippen LogP contribution in [0.3, 0.4) is 0 Å². The molecule has 0 fully saturated rings. The van der Waals surface area contributed by atoms with Gasteiger partial charge in [0.1, 0.15) is 72.5 Å². The monoisotopic (exact) mass is 1440 g/mol. The Balaban J connectivity index is 2.48. The molecule has 39 nitrogen and oxygen atoms in total. The number of rotatable bonds is 46. The first-order chi connectivity index (χ1) is 47.8. The van der Waals surface area contributed by atoms with Gasteiger partial charge in [-0.3, -0.25) is 72.1 Å². The largest absolute Gasteiger partial charge is 0.480 e. The number of benzene rings is 1. The smallest absolute Gasteiger partial charge is 0.328 e. The number of amides is 14. The number of nitrogens with two attached hydrogens (primary N) is 5. The highest BCUT2D eigenvalue weighted by molar-refractivity contribution is 6.00. The summed E-state index contributed by atoms with van der Waals surface area (Å²) < 4.78 is 0. The predicted octanol–water partition coefficient (Wildman–Crippen LogP) is -8.23. The summed E-state index contributed by atoms with van der Waals surface area (Å²) in [7, 11) is 0. The number of nitrogens with one attached hydrogen (secondary N) is 13. The van der Waals surface area contributed by atoms with E-state index in [0.29, 0.717) is 11.3 Å². The Labute approximate surface area is 588 Å². The molecular weight excluding hydrogens is 1340 g/mol. The summed E-state index contributed by atoms with van der Waals surface area (Å²) >= 11 is 0. The van der Waals surface area contributed by atoms with Crippen LogP contribution >= 0.6 is 0 Å². The summed E-state index contributed by atoms with van der Waals surface area (Å²) in [5, 5.41) is 68.2. The normalized spacial score (nSPS) is 15.3. The second kappa shape index (κ2) is 44.0. The van der Waals surface area contributed by atoms with Crippen LogP contribution in [0.5, 0.6) is 0 Å². The predicted molar refractivity (Wildman–Crippen MR) is 364 cm³/mol. The van der Waals surface area contributed by atoms with Crippen molar-refractivity contribution in [1.29, 1.82) is 0 Å². The highest BCUT2D eigenvalue weighted by atomic mass is 16.4. The SMILES string of the molecule is CC(C)C[C@H](NC(=O)[C@H](CCCN=C(N)N)NC(=O)[C@H](CCC(N)=O)NC(=O)[C@@H](NC(=O)[C@H](C)N)[C@@H](C)O)C(=O)N[C@@H](C)C(=O)N[C@@H](CC(N)=O)C(=O)N[C@@H](Cc1ccccc1)C(=O)N[C@@H](CC(C)C)C(=O)N[C@H](C(=O)N[C@@H](Cc1cnc[nH]1)C(=O)N[C@@H](CO)C(=O)N[C@@H](CO)C(=O)O)C(C)C. The van der Waals surface area contributed by atoms with Crippen LogP contribution in [0, 0.1) is 17.8 Å². The number of aliphatic carboxylic acids is 1. The van der Waals surface area contributed by atoms with Crippen molar-refractivity contribution in [1.82, 2.24) is 73.8 Å². The molecule has 0 saturated heterocycles. The van der Waals surface area contributed by atoms with Gasteiger partial charge in [0.2, 0.25) is 82.7 Å². The minimum atomic E-state index is -1.83. The standard InChI is InChI=1S/C63H102N20O19/c1-29(2)20-39(76-52(91)37(16-13-19-70-63(67)68)73-53(92)38(17-18-46(65)87)74-61(100)49(34(9)86)83-50(89)32(7)64)54(93)72-33(8)51(90)75-43(24-47(66)88)57(96)78-41(22-35-14-11-10-12-15-35)55(94)77-40(21-30(3)4)58(97)82-48(31(5)6)60(99)79-42(23-36-25-69-28-71-36)56(95)80-44(26-84)59(98)81-45(27-85)62(101)102/h10-12,14-15,25,28-34,37-45,48-49,84-86H,13,16-24,26-27,64H2,1-9H3,(H2,65,87)(H2,66,88)(H,69,71)(H,72,93)(H,73,92)(H,74,100)(H,75,90)(H,76,91)(H,77,94)(H,78,96)(H,79,99)(H,80,95)(H,81,98)(H,82,97)(H,83,89)(H,101,102)(H4,67,68,70)/t32-,33-,34+,37-,38-,39-,40-,41-,42-,43-,44-,45-,48-,49-/m0/s1. The fourth-order valence-corrected chi connectivity index (χ4v) is 9.72. The van der Waals surface area contributed by atoms with E-state index in [1.807, 2.05) is 5.32 Å². The van der Waals surface area contributed by atoms with Gasteiger partial charge in [0.25, 0.3) is 0 Å². The molecule has 0 aliphatic rings. The lowest BCUT2D eigenvalue weighted by atomic mass is 9.98. The van der Waals surface area contributed by atoms with Gasteiger partial charge in [-0.25, -0.2) is 9.78 Å². The van der Waals surface area contributed by atoms with Crippen molar-refractivity contribution in [2.24, 2.45) is 51.4 Å². The molecule has 568 valence electrons. The van der Waals surface area contributed by atoms with E-state index >= 15 is 0 Å². The molecule has 2 rings (SSSR count). The Bertz CT molecular complexity index is 3200. The molecule has 39 heteroatoms.